The number of hydrogen-bond donors (Lipinski definition) is 2. The van der Waals surface area contributed by atoms with E-state index < -0.39 is 12.1 Å². The highest BCUT2D eigenvalue weighted by atomic mass is 16.3. The lowest BCUT2D eigenvalue weighted by Crippen LogP contribution is -2.45. The van der Waals surface area contributed by atoms with Gasteiger partial charge < -0.3 is 15.3 Å². The van der Waals surface area contributed by atoms with E-state index in [2.05, 4.69) is 5.32 Å². The molecule has 5 heteroatoms. The number of carbonyl (C=O) groups is 2. The fourth-order valence-corrected chi connectivity index (χ4v) is 3.43. The summed E-state index contributed by atoms with van der Waals surface area (Å²) in [4.78, 5) is 25.7. The van der Waals surface area contributed by atoms with Gasteiger partial charge >= 0.3 is 0 Å². The van der Waals surface area contributed by atoms with Crippen LogP contribution in [0.25, 0.3) is 10.8 Å². The molecule has 2 N–H and O–H groups in total. The Morgan fingerprint density at radius 1 is 1.21 bits per heavy atom. The molecule has 24 heavy (non-hydrogen) atoms. The molecule has 1 fully saturated rings. The largest absolute Gasteiger partial charge is 0.391 e. The van der Waals surface area contributed by atoms with Crippen LogP contribution in [0.15, 0.2) is 42.5 Å². The van der Waals surface area contributed by atoms with Gasteiger partial charge in [0.15, 0.2) is 0 Å². The Morgan fingerprint density at radius 2 is 1.92 bits per heavy atom. The molecule has 1 aliphatic heterocycles. The molecule has 1 unspecified atom stereocenters. The average molecular weight is 326 g/mol. The molecule has 1 heterocycles. The lowest BCUT2D eigenvalue weighted by Gasteiger charge is -2.24. The summed E-state index contributed by atoms with van der Waals surface area (Å²) in [6.07, 6.45) is -0.356. The molecule has 2 aromatic carbocycles. The van der Waals surface area contributed by atoms with Crippen LogP contribution in [0.2, 0.25) is 0 Å². The quantitative estimate of drug-likeness (QED) is 0.906. The molecule has 1 saturated heterocycles. The molecule has 5 nitrogen and oxygen atoms in total. The van der Waals surface area contributed by atoms with Crippen LogP contribution < -0.4 is 5.32 Å². The van der Waals surface area contributed by atoms with Crippen LogP contribution in [0.1, 0.15) is 31.9 Å². The van der Waals surface area contributed by atoms with Crippen LogP contribution in [-0.4, -0.2) is 40.5 Å². The van der Waals surface area contributed by atoms with E-state index in [0.29, 0.717) is 0 Å². The second kappa shape index (κ2) is 6.61. The number of hydrogen-bond acceptors (Lipinski definition) is 3. The van der Waals surface area contributed by atoms with Crippen LogP contribution in [0, 0.1) is 0 Å². The van der Waals surface area contributed by atoms with Gasteiger partial charge in [0.1, 0.15) is 6.04 Å². The number of aliphatic hydroxyl groups excluding tert-OH is 1. The zero-order valence-corrected chi connectivity index (χ0v) is 13.9. The third kappa shape index (κ3) is 3.12. The van der Waals surface area contributed by atoms with Gasteiger partial charge in [0.05, 0.1) is 12.1 Å². The lowest BCUT2D eigenvalue weighted by molar-refractivity contribution is -0.137. The normalized spacial score (nSPS) is 21.7. The zero-order valence-electron chi connectivity index (χ0n) is 13.9. The maximum atomic E-state index is 12.6. The highest BCUT2D eigenvalue weighted by Gasteiger charge is 2.37. The van der Waals surface area contributed by atoms with Gasteiger partial charge in [-0.25, -0.2) is 0 Å². The topological polar surface area (TPSA) is 69.6 Å². The van der Waals surface area contributed by atoms with Crippen LogP contribution >= 0.6 is 0 Å². The molecule has 0 aliphatic carbocycles. The fraction of sp³-hybridized carbons (Fsp3) is 0.368. The van der Waals surface area contributed by atoms with Crippen molar-refractivity contribution in [3.63, 3.8) is 0 Å². The number of nitrogens with zero attached hydrogens (tertiary/aromatic N) is 1. The third-order valence-electron chi connectivity index (χ3n) is 4.63. The maximum Gasteiger partial charge on any atom is 0.243 e. The molecule has 0 saturated carbocycles. The Hall–Kier alpha value is -2.40. The number of aliphatic hydroxyl groups is 1. The Kier molecular flexibility index (Phi) is 4.53. The van der Waals surface area contributed by atoms with Crippen LogP contribution in [-0.2, 0) is 9.59 Å². The van der Waals surface area contributed by atoms with Crippen molar-refractivity contribution in [2.75, 3.05) is 6.54 Å². The summed E-state index contributed by atoms with van der Waals surface area (Å²) in [5.41, 5.74) is 1.04. The van der Waals surface area contributed by atoms with Crippen molar-refractivity contribution >= 4 is 22.6 Å². The van der Waals surface area contributed by atoms with E-state index in [1.807, 2.05) is 49.4 Å². The third-order valence-corrected chi connectivity index (χ3v) is 4.63. The molecule has 1 aliphatic rings. The van der Waals surface area contributed by atoms with E-state index in [1.165, 1.54) is 11.8 Å². The smallest absolute Gasteiger partial charge is 0.243 e. The van der Waals surface area contributed by atoms with Gasteiger partial charge in [-0.05, 0) is 23.3 Å². The number of rotatable bonds is 3. The van der Waals surface area contributed by atoms with Crippen molar-refractivity contribution in [3.8, 4) is 0 Å². The van der Waals surface area contributed by atoms with Crippen molar-refractivity contribution in [1.29, 1.82) is 0 Å². The molecular weight excluding hydrogens is 304 g/mol. The van der Waals surface area contributed by atoms with Gasteiger partial charge in [-0.15, -0.1) is 0 Å². The second-order valence-corrected chi connectivity index (χ2v) is 6.38. The van der Waals surface area contributed by atoms with Gasteiger partial charge in [0, 0.05) is 19.9 Å². The first-order valence-electron chi connectivity index (χ1n) is 8.20. The monoisotopic (exact) mass is 326 g/mol. The van der Waals surface area contributed by atoms with Gasteiger partial charge in [-0.2, -0.15) is 0 Å². The Balaban J connectivity index is 1.80. The van der Waals surface area contributed by atoms with Crippen molar-refractivity contribution < 1.29 is 14.7 Å². The summed E-state index contributed by atoms with van der Waals surface area (Å²) in [5.74, 6) is -0.410. The average Bonchev–Trinajstić information content (AvgIpc) is 2.96. The predicted octanol–water partition coefficient (Wildman–Crippen LogP) is 2.00. The van der Waals surface area contributed by atoms with Crippen LogP contribution in [0.4, 0.5) is 0 Å². The minimum Gasteiger partial charge on any atom is -0.391 e. The number of benzene rings is 2. The summed E-state index contributed by atoms with van der Waals surface area (Å²) in [7, 11) is 0. The Morgan fingerprint density at radius 3 is 2.67 bits per heavy atom. The van der Waals surface area contributed by atoms with E-state index in [9.17, 15) is 14.7 Å². The zero-order chi connectivity index (χ0) is 17.3. The summed E-state index contributed by atoms with van der Waals surface area (Å²) in [6, 6.07) is 13.3. The minimum atomic E-state index is -0.641. The molecule has 126 valence electrons. The minimum absolute atomic E-state index is 0.185. The Bertz CT molecular complexity index is 769. The van der Waals surface area contributed by atoms with Gasteiger partial charge in [-0.1, -0.05) is 42.5 Å². The number of fused-ring (bicyclic) bond motifs is 1. The highest BCUT2D eigenvalue weighted by molar-refractivity contribution is 5.89. The molecule has 0 aromatic heterocycles. The van der Waals surface area contributed by atoms with Gasteiger partial charge in [0.25, 0.3) is 0 Å². The summed E-state index contributed by atoms with van der Waals surface area (Å²) >= 11 is 0. The molecule has 2 aromatic rings. The van der Waals surface area contributed by atoms with E-state index in [-0.39, 0.29) is 30.8 Å². The van der Waals surface area contributed by atoms with Gasteiger partial charge in [0.2, 0.25) is 11.8 Å². The summed E-state index contributed by atoms with van der Waals surface area (Å²) in [5, 5.41) is 15.0. The standard InChI is InChI=1S/C19H22N2O3/c1-12(16-9-5-7-14-6-3-4-8-17(14)16)20-19(24)18-10-15(23)11-21(18)13(2)22/h3-9,12,15,18,23H,10-11H2,1-2H3,(H,20,24)/t12?,15-,18-/m1/s1. The maximum absolute atomic E-state index is 12.6. The number of amides is 2. The summed E-state index contributed by atoms with van der Waals surface area (Å²) in [6.45, 7) is 3.58. The molecule has 0 bridgehead atoms. The van der Waals surface area contributed by atoms with Crippen molar-refractivity contribution in [1.82, 2.24) is 10.2 Å². The fourth-order valence-electron chi connectivity index (χ4n) is 3.43. The van der Waals surface area contributed by atoms with Crippen molar-refractivity contribution in [2.24, 2.45) is 0 Å². The number of likely N-dealkylation sites (tertiary alicyclic amines) is 1. The molecule has 0 radical (unpaired) electrons. The first-order chi connectivity index (χ1) is 11.5. The van der Waals surface area contributed by atoms with E-state index in [0.717, 1.165) is 16.3 Å². The summed E-state index contributed by atoms with van der Waals surface area (Å²) < 4.78 is 0. The highest BCUT2D eigenvalue weighted by Crippen LogP contribution is 2.25. The molecule has 0 spiro atoms. The number of nitrogens with one attached hydrogen (secondary N) is 1. The second-order valence-electron chi connectivity index (χ2n) is 6.38. The molecule has 3 atom stereocenters. The number of β-amino-alcohol motifs (C(OH)–C–C–N with tert-alkyl or cyclic N) is 1. The van der Waals surface area contributed by atoms with E-state index >= 15 is 0 Å². The SMILES string of the molecule is CC(=O)N1C[C@H](O)C[C@@H]1C(=O)NC(C)c1cccc2ccccc12. The van der Waals surface area contributed by atoms with Crippen LogP contribution in [0.3, 0.4) is 0 Å². The predicted molar refractivity (Wildman–Crippen MR) is 92.3 cm³/mol. The lowest BCUT2D eigenvalue weighted by atomic mass is 9.99. The first kappa shape index (κ1) is 16.5. The Labute approximate surface area is 141 Å². The van der Waals surface area contributed by atoms with Crippen LogP contribution in [0.5, 0.6) is 0 Å². The molecule has 2 amide bonds. The number of carbonyl (C=O) groups excluding carboxylic acids is 2. The van der Waals surface area contributed by atoms with Gasteiger partial charge in [-0.3, -0.25) is 9.59 Å². The van der Waals surface area contributed by atoms with Crippen molar-refractivity contribution in [2.45, 2.75) is 38.5 Å². The first-order valence-corrected chi connectivity index (χ1v) is 8.20. The molecule has 3 rings (SSSR count). The van der Waals surface area contributed by atoms with E-state index in [1.54, 1.807) is 0 Å². The molecular formula is C19H22N2O3. The van der Waals surface area contributed by atoms with E-state index in [4.69, 9.17) is 0 Å². The van der Waals surface area contributed by atoms with Crippen molar-refractivity contribution in [3.05, 3.63) is 48.0 Å².